The Bertz CT molecular complexity index is 948. The van der Waals surface area contributed by atoms with Gasteiger partial charge in [-0.2, -0.15) is 5.26 Å². The molecule has 3 rings (SSSR count). The van der Waals surface area contributed by atoms with E-state index in [1.807, 2.05) is 6.07 Å². The van der Waals surface area contributed by atoms with Gasteiger partial charge < -0.3 is 4.90 Å². The van der Waals surface area contributed by atoms with Gasteiger partial charge >= 0.3 is 6.03 Å². The van der Waals surface area contributed by atoms with Gasteiger partial charge in [-0.25, -0.2) is 14.8 Å². The van der Waals surface area contributed by atoms with Gasteiger partial charge in [0, 0.05) is 37.6 Å². The molecule has 0 spiro atoms. The molecule has 1 saturated heterocycles. The minimum absolute atomic E-state index is 0.299. The van der Waals surface area contributed by atoms with Crippen LogP contribution in [0, 0.1) is 11.3 Å². The lowest BCUT2D eigenvalue weighted by atomic mass is 10.2. The summed E-state index contributed by atoms with van der Waals surface area (Å²) in [4.78, 5) is 35.7. The number of urea groups is 1. The van der Waals surface area contributed by atoms with Gasteiger partial charge in [-0.15, -0.1) is 0 Å². The number of nitriles is 1. The summed E-state index contributed by atoms with van der Waals surface area (Å²) in [6.45, 7) is 5.53. The molecule has 0 radical (unpaired) electrons. The molecule has 28 heavy (non-hydrogen) atoms. The molecule has 0 aliphatic carbocycles. The average molecular weight is 376 g/mol. The van der Waals surface area contributed by atoms with Crippen LogP contribution >= 0.6 is 0 Å². The van der Waals surface area contributed by atoms with Crippen LogP contribution in [0.15, 0.2) is 42.7 Å². The Kier molecular flexibility index (Phi) is 5.65. The molecule has 142 valence electrons. The highest BCUT2D eigenvalue weighted by atomic mass is 16.2. The molecule has 3 heterocycles. The maximum atomic E-state index is 12.4. The van der Waals surface area contributed by atoms with Crippen molar-refractivity contribution < 1.29 is 9.59 Å². The average Bonchev–Trinajstić information content (AvgIpc) is 3.12. The van der Waals surface area contributed by atoms with E-state index in [0.717, 1.165) is 30.6 Å². The molecule has 0 unspecified atom stereocenters. The molecule has 1 aliphatic rings. The smallest absolute Gasteiger partial charge is 0.328 e. The summed E-state index contributed by atoms with van der Waals surface area (Å²) in [5.41, 5.74) is 2.56. The van der Waals surface area contributed by atoms with Crippen molar-refractivity contribution in [3.63, 3.8) is 0 Å². The number of hydrogen-bond acceptors (Lipinski definition) is 6. The predicted molar refractivity (Wildman–Crippen MR) is 105 cm³/mol. The number of rotatable bonds is 5. The van der Waals surface area contributed by atoms with E-state index in [-0.39, 0.29) is 0 Å². The molecule has 0 aromatic carbocycles. The topological polar surface area (TPSA) is 102 Å². The largest absolute Gasteiger partial charge is 0.371 e. The molecule has 2 aromatic heterocycles. The summed E-state index contributed by atoms with van der Waals surface area (Å²) in [5.74, 6) is 0.660. The zero-order valence-corrected chi connectivity index (χ0v) is 15.6. The number of hydrogen-bond donors (Lipinski definition) is 1. The maximum absolute atomic E-state index is 12.4. The van der Waals surface area contributed by atoms with E-state index in [4.69, 9.17) is 5.26 Å². The quantitative estimate of drug-likeness (QED) is 0.805. The van der Waals surface area contributed by atoms with Gasteiger partial charge in [0.1, 0.15) is 23.4 Å². The highest BCUT2D eigenvalue weighted by Gasteiger charge is 2.19. The fourth-order valence-corrected chi connectivity index (χ4v) is 2.93. The van der Waals surface area contributed by atoms with E-state index in [9.17, 15) is 9.59 Å². The van der Waals surface area contributed by atoms with E-state index in [2.05, 4.69) is 26.8 Å². The first-order valence-corrected chi connectivity index (χ1v) is 8.80. The first-order chi connectivity index (χ1) is 13.5. The van der Waals surface area contributed by atoms with Crippen molar-refractivity contribution in [1.29, 1.82) is 5.26 Å². The minimum atomic E-state index is -0.456. The van der Waals surface area contributed by atoms with Crippen molar-refractivity contribution in [2.75, 3.05) is 23.8 Å². The van der Waals surface area contributed by atoms with E-state index in [1.54, 1.807) is 31.3 Å². The molecule has 2 amide bonds. The number of allylic oxidation sites excluding steroid dienone is 1. The number of carbonyl (C=O) groups excluding carboxylic acids is 2. The van der Waals surface area contributed by atoms with Gasteiger partial charge in [-0.1, -0.05) is 12.6 Å². The van der Waals surface area contributed by atoms with Crippen LogP contribution in [-0.4, -0.2) is 40.8 Å². The van der Waals surface area contributed by atoms with Gasteiger partial charge in [-0.05, 0) is 31.0 Å². The summed E-state index contributed by atoms with van der Waals surface area (Å²) in [5, 5.41) is 11.4. The molecule has 0 bridgehead atoms. The maximum Gasteiger partial charge on any atom is 0.328 e. The summed E-state index contributed by atoms with van der Waals surface area (Å²) >= 11 is 0. The van der Waals surface area contributed by atoms with Crippen LogP contribution in [0.4, 0.5) is 16.4 Å². The Balaban J connectivity index is 1.72. The van der Waals surface area contributed by atoms with Crippen LogP contribution < -0.4 is 10.2 Å². The van der Waals surface area contributed by atoms with Crippen molar-refractivity contribution in [3.05, 3.63) is 59.6 Å². The van der Waals surface area contributed by atoms with Crippen molar-refractivity contribution in [3.8, 4) is 6.07 Å². The molecule has 8 heteroatoms. The van der Waals surface area contributed by atoms with Crippen LogP contribution in [0.25, 0.3) is 0 Å². The lowest BCUT2D eigenvalue weighted by Gasteiger charge is -2.21. The molecule has 2 aromatic rings. The van der Waals surface area contributed by atoms with Gasteiger partial charge in [0.25, 0.3) is 0 Å². The number of likely N-dealkylation sites (tertiary alicyclic amines) is 1. The lowest BCUT2D eigenvalue weighted by molar-refractivity contribution is 0.111. The van der Waals surface area contributed by atoms with Gasteiger partial charge in [0.2, 0.25) is 0 Å². The first-order valence-electron chi connectivity index (χ1n) is 8.80. The second-order valence-corrected chi connectivity index (χ2v) is 6.46. The number of nitrogens with zero attached hydrogens (tertiary/aromatic N) is 5. The Morgan fingerprint density at radius 1 is 1.43 bits per heavy atom. The summed E-state index contributed by atoms with van der Waals surface area (Å²) in [6.07, 6.45) is 4.10. The van der Waals surface area contributed by atoms with E-state index < -0.39 is 6.03 Å². The van der Waals surface area contributed by atoms with Crippen LogP contribution in [0.1, 0.15) is 34.5 Å². The Morgan fingerprint density at radius 2 is 2.25 bits per heavy atom. The molecule has 0 saturated carbocycles. The van der Waals surface area contributed by atoms with Crippen LogP contribution in [0.3, 0.4) is 0 Å². The third kappa shape index (κ3) is 4.15. The van der Waals surface area contributed by atoms with Crippen LogP contribution in [0.2, 0.25) is 0 Å². The zero-order chi connectivity index (χ0) is 20.1. The molecular formula is C20H20N6O2. The normalized spacial score (nSPS) is 13.1. The number of pyridine rings is 2. The highest BCUT2D eigenvalue weighted by molar-refractivity contribution is 6.00. The third-order valence-corrected chi connectivity index (χ3v) is 4.59. The van der Waals surface area contributed by atoms with Crippen molar-refractivity contribution in [1.82, 2.24) is 14.9 Å². The monoisotopic (exact) mass is 376 g/mol. The van der Waals surface area contributed by atoms with Gasteiger partial charge in [0.05, 0.1) is 5.56 Å². The Labute approximate surface area is 163 Å². The molecule has 1 aliphatic heterocycles. The number of aromatic nitrogens is 2. The number of amides is 2. The fourth-order valence-electron chi connectivity index (χ4n) is 2.93. The number of anilines is 2. The highest BCUT2D eigenvalue weighted by Crippen LogP contribution is 2.23. The van der Waals surface area contributed by atoms with Gasteiger partial charge in [-0.3, -0.25) is 15.0 Å². The number of nitrogens with one attached hydrogen (secondary N) is 1. The SMILES string of the molecule is C=C1CCCN1Cc1ccc(N(C)C(=O)Nc2ccc(C#N)cn2)nc1C=O. The van der Waals surface area contributed by atoms with E-state index in [1.165, 1.54) is 11.1 Å². The first kappa shape index (κ1) is 19.0. The summed E-state index contributed by atoms with van der Waals surface area (Å²) < 4.78 is 0. The Morgan fingerprint density at radius 3 is 2.86 bits per heavy atom. The van der Waals surface area contributed by atoms with E-state index in [0.29, 0.717) is 35.7 Å². The fraction of sp³-hybridized carbons (Fsp3) is 0.250. The second-order valence-electron chi connectivity index (χ2n) is 6.46. The van der Waals surface area contributed by atoms with Gasteiger partial charge in [0.15, 0.2) is 6.29 Å². The summed E-state index contributed by atoms with van der Waals surface area (Å²) in [7, 11) is 1.55. The standard InChI is InChI=1S/C20H20N6O2/c1-14-4-3-9-26(14)12-16-6-8-19(23-17(16)13-27)25(2)20(28)24-18-7-5-15(10-21)11-22-18/h5-8,11,13H,1,3-4,9,12H2,2H3,(H,22,24,28). The van der Waals surface area contributed by atoms with Crippen molar-refractivity contribution in [2.45, 2.75) is 19.4 Å². The van der Waals surface area contributed by atoms with E-state index >= 15 is 0 Å². The van der Waals surface area contributed by atoms with Crippen LogP contribution in [-0.2, 0) is 6.54 Å². The van der Waals surface area contributed by atoms with Crippen LogP contribution in [0.5, 0.6) is 0 Å². The summed E-state index contributed by atoms with van der Waals surface area (Å²) in [6, 6.07) is 8.12. The lowest BCUT2D eigenvalue weighted by Crippen LogP contribution is -2.32. The molecule has 8 nitrogen and oxygen atoms in total. The molecule has 0 atom stereocenters. The molecular weight excluding hydrogens is 356 g/mol. The number of aldehydes is 1. The molecule has 1 N–H and O–H groups in total. The third-order valence-electron chi connectivity index (χ3n) is 4.59. The predicted octanol–water partition coefficient (Wildman–Crippen LogP) is 2.94. The Hall–Kier alpha value is -3.73. The zero-order valence-electron chi connectivity index (χ0n) is 15.6. The number of carbonyl (C=O) groups is 2. The van der Waals surface area contributed by atoms with Crippen molar-refractivity contribution >= 4 is 24.0 Å². The molecule has 1 fully saturated rings. The second kappa shape index (κ2) is 8.31. The van der Waals surface area contributed by atoms with Crippen molar-refractivity contribution in [2.24, 2.45) is 0 Å². The minimum Gasteiger partial charge on any atom is -0.371 e.